The SMILES string of the molecule is CCNC(Cc1ccc([N+](=O)[O-])cc1)c1cccnc1. The minimum Gasteiger partial charge on any atom is -0.310 e. The Morgan fingerprint density at radius 3 is 2.60 bits per heavy atom. The van der Waals surface area contributed by atoms with Crippen molar-refractivity contribution < 1.29 is 4.92 Å². The van der Waals surface area contributed by atoms with E-state index in [0.29, 0.717) is 0 Å². The van der Waals surface area contributed by atoms with Gasteiger partial charge in [0.2, 0.25) is 0 Å². The van der Waals surface area contributed by atoms with E-state index in [1.807, 2.05) is 18.3 Å². The molecule has 1 aromatic heterocycles. The maximum atomic E-state index is 10.6. The van der Waals surface area contributed by atoms with Crippen LogP contribution in [-0.4, -0.2) is 16.5 Å². The van der Waals surface area contributed by atoms with E-state index in [-0.39, 0.29) is 16.7 Å². The minimum atomic E-state index is -0.382. The first-order chi connectivity index (χ1) is 9.70. The molecule has 1 heterocycles. The topological polar surface area (TPSA) is 68.1 Å². The Labute approximate surface area is 117 Å². The second kappa shape index (κ2) is 6.77. The summed E-state index contributed by atoms with van der Waals surface area (Å²) in [5.41, 5.74) is 2.30. The van der Waals surface area contributed by atoms with Crippen LogP contribution in [0.25, 0.3) is 0 Å². The molecule has 1 aromatic carbocycles. The number of rotatable bonds is 6. The third-order valence-corrected chi connectivity index (χ3v) is 3.12. The number of nitro groups is 1. The first-order valence-corrected chi connectivity index (χ1v) is 6.57. The van der Waals surface area contributed by atoms with Crippen molar-refractivity contribution in [1.29, 1.82) is 0 Å². The van der Waals surface area contributed by atoms with Crippen LogP contribution < -0.4 is 5.32 Å². The lowest BCUT2D eigenvalue weighted by atomic mass is 10.00. The number of likely N-dealkylation sites (N-methyl/N-ethyl adjacent to an activating group) is 1. The van der Waals surface area contributed by atoms with Gasteiger partial charge < -0.3 is 5.32 Å². The molecule has 1 N–H and O–H groups in total. The molecule has 0 aliphatic heterocycles. The summed E-state index contributed by atoms with van der Waals surface area (Å²) in [5.74, 6) is 0. The lowest BCUT2D eigenvalue weighted by Crippen LogP contribution is -2.23. The summed E-state index contributed by atoms with van der Waals surface area (Å²) in [6.07, 6.45) is 4.37. The number of nitrogens with one attached hydrogen (secondary N) is 1. The number of pyridine rings is 1. The molecule has 0 aliphatic carbocycles. The molecule has 1 unspecified atom stereocenters. The minimum absolute atomic E-state index is 0.120. The summed E-state index contributed by atoms with van der Waals surface area (Å²) in [7, 11) is 0. The van der Waals surface area contributed by atoms with Crippen molar-refractivity contribution in [3.05, 3.63) is 70.0 Å². The summed E-state index contributed by atoms with van der Waals surface area (Å²) in [4.78, 5) is 14.4. The van der Waals surface area contributed by atoms with Crippen LogP contribution in [-0.2, 0) is 6.42 Å². The second-order valence-corrected chi connectivity index (χ2v) is 4.52. The zero-order valence-electron chi connectivity index (χ0n) is 11.3. The van der Waals surface area contributed by atoms with Crippen LogP contribution in [0, 0.1) is 10.1 Å². The van der Waals surface area contributed by atoms with Gasteiger partial charge in [-0.15, -0.1) is 0 Å². The van der Waals surface area contributed by atoms with E-state index >= 15 is 0 Å². The Hall–Kier alpha value is -2.27. The van der Waals surface area contributed by atoms with Crippen LogP contribution in [0.5, 0.6) is 0 Å². The lowest BCUT2D eigenvalue weighted by molar-refractivity contribution is -0.384. The van der Waals surface area contributed by atoms with Gasteiger partial charge in [-0.1, -0.05) is 25.1 Å². The summed E-state index contributed by atoms with van der Waals surface area (Å²) < 4.78 is 0. The van der Waals surface area contributed by atoms with Crippen molar-refractivity contribution in [3.8, 4) is 0 Å². The number of nitro benzene ring substituents is 1. The van der Waals surface area contributed by atoms with Gasteiger partial charge in [0, 0.05) is 30.6 Å². The van der Waals surface area contributed by atoms with Crippen LogP contribution in [0.4, 0.5) is 5.69 Å². The maximum Gasteiger partial charge on any atom is 0.269 e. The molecule has 0 amide bonds. The largest absolute Gasteiger partial charge is 0.310 e. The molecule has 5 heteroatoms. The average Bonchev–Trinajstić information content (AvgIpc) is 2.48. The van der Waals surface area contributed by atoms with Gasteiger partial charge in [0.15, 0.2) is 0 Å². The monoisotopic (exact) mass is 271 g/mol. The van der Waals surface area contributed by atoms with Crippen LogP contribution in [0.2, 0.25) is 0 Å². The summed E-state index contributed by atoms with van der Waals surface area (Å²) in [5, 5.41) is 14.1. The van der Waals surface area contributed by atoms with Crippen molar-refractivity contribution in [2.75, 3.05) is 6.54 Å². The Balaban J connectivity index is 2.14. The van der Waals surface area contributed by atoms with Crippen LogP contribution in [0.1, 0.15) is 24.1 Å². The molecule has 0 radical (unpaired) electrons. The van der Waals surface area contributed by atoms with Gasteiger partial charge in [0.25, 0.3) is 5.69 Å². The van der Waals surface area contributed by atoms with Gasteiger partial charge in [-0.2, -0.15) is 0 Å². The van der Waals surface area contributed by atoms with Crippen molar-refractivity contribution in [2.24, 2.45) is 0 Å². The molecule has 5 nitrogen and oxygen atoms in total. The van der Waals surface area contributed by atoms with Crippen LogP contribution in [0.3, 0.4) is 0 Å². The number of nitrogens with zero attached hydrogens (tertiary/aromatic N) is 2. The highest BCUT2D eigenvalue weighted by Crippen LogP contribution is 2.19. The molecule has 1 atom stereocenters. The maximum absolute atomic E-state index is 10.6. The smallest absolute Gasteiger partial charge is 0.269 e. The molecular weight excluding hydrogens is 254 g/mol. The highest BCUT2D eigenvalue weighted by atomic mass is 16.6. The molecule has 2 rings (SSSR count). The van der Waals surface area contributed by atoms with Gasteiger partial charge in [-0.3, -0.25) is 15.1 Å². The highest BCUT2D eigenvalue weighted by Gasteiger charge is 2.12. The molecular formula is C15H17N3O2. The third-order valence-electron chi connectivity index (χ3n) is 3.12. The zero-order valence-corrected chi connectivity index (χ0v) is 11.3. The van der Waals surface area contributed by atoms with Crippen molar-refractivity contribution in [3.63, 3.8) is 0 Å². The van der Waals surface area contributed by atoms with Crippen molar-refractivity contribution in [2.45, 2.75) is 19.4 Å². The Kier molecular flexibility index (Phi) is 4.79. The number of hydrogen-bond donors (Lipinski definition) is 1. The Morgan fingerprint density at radius 2 is 2.05 bits per heavy atom. The first kappa shape index (κ1) is 14.1. The fourth-order valence-electron chi connectivity index (χ4n) is 2.13. The van der Waals surface area contributed by atoms with E-state index in [2.05, 4.69) is 17.2 Å². The van der Waals surface area contributed by atoms with Crippen LogP contribution in [0.15, 0.2) is 48.8 Å². The zero-order chi connectivity index (χ0) is 14.4. The van der Waals surface area contributed by atoms with Gasteiger partial charge in [0.1, 0.15) is 0 Å². The molecule has 0 saturated carbocycles. The molecule has 20 heavy (non-hydrogen) atoms. The molecule has 0 fully saturated rings. The van der Waals surface area contributed by atoms with E-state index in [4.69, 9.17) is 0 Å². The second-order valence-electron chi connectivity index (χ2n) is 4.52. The fraction of sp³-hybridized carbons (Fsp3) is 0.267. The lowest BCUT2D eigenvalue weighted by Gasteiger charge is -2.18. The van der Waals surface area contributed by atoms with E-state index in [1.165, 1.54) is 0 Å². The van der Waals surface area contributed by atoms with Gasteiger partial charge in [-0.05, 0) is 30.2 Å². The molecule has 0 saturated heterocycles. The quantitative estimate of drug-likeness (QED) is 0.648. The van der Waals surface area contributed by atoms with E-state index < -0.39 is 0 Å². The first-order valence-electron chi connectivity index (χ1n) is 6.57. The van der Waals surface area contributed by atoms with E-state index in [0.717, 1.165) is 24.1 Å². The molecule has 2 aromatic rings. The standard InChI is InChI=1S/C15H17N3O2/c1-2-17-15(13-4-3-9-16-11-13)10-12-5-7-14(8-6-12)18(19)20/h3-9,11,15,17H,2,10H2,1H3. The predicted octanol–water partition coefficient (Wildman–Crippen LogP) is 2.88. The molecule has 0 aliphatic rings. The van der Waals surface area contributed by atoms with E-state index in [1.54, 1.807) is 30.5 Å². The number of hydrogen-bond acceptors (Lipinski definition) is 4. The Morgan fingerprint density at radius 1 is 1.30 bits per heavy atom. The molecule has 0 spiro atoms. The molecule has 0 bridgehead atoms. The van der Waals surface area contributed by atoms with Crippen LogP contribution >= 0.6 is 0 Å². The fourth-order valence-corrected chi connectivity index (χ4v) is 2.13. The third kappa shape index (κ3) is 3.61. The van der Waals surface area contributed by atoms with Gasteiger partial charge in [-0.25, -0.2) is 0 Å². The summed E-state index contributed by atoms with van der Waals surface area (Å²) in [6, 6.07) is 10.8. The summed E-state index contributed by atoms with van der Waals surface area (Å²) in [6.45, 7) is 2.91. The van der Waals surface area contributed by atoms with Gasteiger partial charge >= 0.3 is 0 Å². The van der Waals surface area contributed by atoms with Crippen molar-refractivity contribution in [1.82, 2.24) is 10.3 Å². The number of non-ortho nitro benzene ring substituents is 1. The number of benzene rings is 1. The number of aromatic nitrogens is 1. The van der Waals surface area contributed by atoms with Gasteiger partial charge in [0.05, 0.1) is 4.92 Å². The highest BCUT2D eigenvalue weighted by molar-refractivity contribution is 5.33. The Bertz CT molecular complexity index is 555. The predicted molar refractivity (Wildman–Crippen MR) is 77.5 cm³/mol. The van der Waals surface area contributed by atoms with Crippen molar-refractivity contribution >= 4 is 5.69 Å². The molecule has 104 valence electrons. The van der Waals surface area contributed by atoms with E-state index in [9.17, 15) is 10.1 Å². The normalized spacial score (nSPS) is 12.1. The average molecular weight is 271 g/mol. The summed E-state index contributed by atoms with van der Waals surface area (Å²) >= 11 is 0.